The molecule has 0 atom stereocenters. The number of nitrogens with zero attached hydrogens (tertiary/aromatic N) is 2. The number of ether oxygens (including phenoxy) is 1. The van der Waals surface area contributed by atoms with Gasteiger partial charge in [-0.05, 0) is 23.8 Å². The number of carbonyl (C=O) groups is 1. The molecule has 5 heteroatoms. The maximum atomic E-state index is 11.0. The highest BCUT2D eigenvalue weighted by molar-refractivity contribution is 5.90. The number of benzene rings is 1. The maximum Gasteiger partial charge on any atom is 0.335 e. The molecule has 0 aliphatic rings. The molecular formula is C12H10N2O3. The third-order valence-electron chi connectivity index (χ3n) is 2.28. The van der Waals surface area contributed by atoms with Crippen LogP contribution >= 0.6 is 0 Å². The van der Waals surface area contributed by atoms with Crippen molar-refractivity contribution in [2.75, 3.05) is 7.11 Å². The first-order valence-electron chi connectivity index (χ1n) is 4.88. The summed E-state index contributed by atoms with van der Waals surface area (Å²) in [5.74, 6) is -0.509. The summed E-state index contributed by atoms with van der Waals surface area (Å²) in [5, 5.41) is 8.99. The van der Waals surface area contributed by atoms with E-state index in [0.29, 0.717) is 11.3 Å². The van der Waals surface area contributed by atoms with Gasteiger partial charge in [-0.3, -0.25) is 0 Å². The zero-order valence-corrected chi connectivity index (χ0v) is 9.12. The number of hydrogen-bond donors (Lipinski definition) is 1. The molecule has 0 bridgehead atoms. The lowest BCUT2D eigenvalue weighted by Gasteiger charge is -2.06. The van der Waals surface area contributed by atoms with Crippen molar-refractivity contribution in [3.05, 3.63) is 42.5 Å². The molecule has 0 saturated carbocycles. The fourth-order valence-corrected chi connectivity index (χ4v) is 1.46. The standard InChI is InChI=1S/C12H10N2O3/c1-17-11-3-8(2-9(4-11)12(15)16)10-5-13-7-14-6-10/h2-7H,1H3,(H,15,16). The van der Waals surface area contributed by atoms with Gasteiger partial charge < -0.3 is 9.84 Å². The second kappa shape index (κ2) is 4.61. The maximum absolute atomic E-state index is 11.0. The molecule has 5 nitrogen and oxygen atoms in total. The highest BCUT2D eigenvalue weighted by Gasteiger charge is 2.08. The fraction of sp³-hybridized carbons (Fsp3) is 0.0833. The van der Waals surface area contributed by atoms with Crippen LogP contribution in [0.2, 0.25) is 0 Å². The van der Waals surface area contributed by atoms with E-state index < -0.39 is 5.97 Å². The van der Waals surface area contributed by atoms with Crippen LogP contribution in [0, 0.1) is 0 Å². The summed E-state index contributed by atoms with van der Waals surface area (Å²) < 4.78 is 5.06. The first kappa shape index (κ1) is 11.1. The molecule has 1 heterocycles. The quantitative estimate of drug-likeness (QED) is 0.871. The van der Waals surface area contributed by atoms with Crippen LogP contribution in [0.1, 0.15) is 10.4 Å². The largest absolute Gasteiger partial charge is 0.497 e. The average Bonchev–Trinajstić information content (AvgIpc) is 2.39. The number of rotatable bonds is 3. The average molecular weight is 230 g/mol. The SMILES string of the molecule is COc1cc(C(=O)O)cc(-c2cncnc2)c1. The number of carboxylic acids is 1. The Kier molecular flexibility index (Phi) is 3.00. The van der Waals surface area contributed by atoms with Crippen LogP contribution in [0.5, 0.6) is 5.75 Å². The van der Waals surface area contributed by atoms with Crippen molar-refractivity contribution in [3.8, 4) is 16.9 Å². The lowest BCUT2D eigenvalue weighted by atomic mass is 10.1. The molecule has 0 unspecified atom stereocenters. The second-order valence-corrected chi connectivity index (χ2v) is 3.38. The topological polar surface area (TPSA) is 72.3 Å². The second-order valence-electron chi connectivity index (χ2n) is 3.38. The Labute approximate surface area is 97.7 Å². The van der Waals surface area contributed by atoms with Gasteiger partial charge in [0.1, 0.15) is 12.1 Å². The molecule has 1 aromatic carbocycles. The van der Waals surface area contributed by atoms with E-state index in [1.54, 1.807) is 24.5 Å². The summed E-state index contributed by atoms with van der Waals surface area (Å²) in [4.78, 5) is 18.7. The van der Waals surface area contributed by atoms with Gasteiger partial charge in [0, 0.05) is 18.0 Å². The van der Waals surface area contributed by atoms with Crippen molar-refractivity contribution in [1.29, 1.82) is 0 Å². The highest BCUT2D eigenvalue weighted by Crippen LogP contribution is 2.25. The molecule has 0 aliphatic carbocycles. The van der Waals surface area contributed by atoms with Crippen molar-refractivity contribution >= 4 is 5.97 Å². The lowest BCUT2D eigenvalue weighted by Crippen LogP contribution is -1.98. The third-order valence-corrected chi connectivity index (χ3v) is 2.28. The molecule has 2 rings (SSSR count). The van der Waals surface area contributed by atoms with E-state index in [-0.39, 0.29) is 5.56 Å². The molecule has 0 fully saturated rings. The Bertz CT molecular complexity index is 541. The Morgan fingerprint density at radius 1 is 1.18 bits per heavy atom. The summed E-state index contributed by atoms with van der Waals surface area (Å²) in [7, 11) is 1.49. The van der Waals surface area contributed by atoms with Crippen LogP contribution in [0.3, 0.4) is 0 Å². The molecule has 0 amide bonds. The van der Waals surface area contributed by atoms with Gasteiger partial charge in [0.05, 0.1) is 12.7 Å². The van der Waals surface area contributed by atoms with Crippen LogP contribution in [0.25, 0.3) is 11.1 Å². The Morgan fingerprint density at radius 2 is 1.88 bits per heavy atom. The number of methoxy groups -OCH3 is 1. The molecule has 1 N–H and O–H groups in total. The van der Waals surface area contributed by atoms with Gasteiger partial charge in [-0.25, -0.2) is 14.8 Å². The molecule has 2 aromatic rings. The summed E-state index contributed by atoms with van der Waals surface area (Å²) in [6, 6.07) is 4.77. The van der Waals surface area contributed by atoms with E-state index >= 15 is 0 Å². The van der Waals surface area contributed by atoms with E-state index in [0.717, 1.165) is 5.56 Å². The summed E-state index contributed by atoms with van der Waals surface area (Å²) >= 11 is 0. The fourth-order valence-electron chi connectivity index (χ4n) is 1.46. The molecule has 1 aromatic heterocycles. The van der Waals surface area contributed by atoms with E-state index in [4.69, 9.17) is 9.84 Å². The summed E-state index contributed by atoms with van der Waals surface area (Å²) in [6.07, 6.45) is 4.66. The third kappa shape index (κ3) is 2.39. The number of aromatic carboxylic acids is 1. The van der Waals surface area contributed by atoms with Crippen molar-refractivity contribution < 1.29 is 14.6 Å². The van der Waals surface area contributed by atoms with Gasteiger partial charge in [-0.1, -0.05) is 0 Å². The molecule has 0 spiro atoms. The van der Waals surface area contributed by atoms with Gasteiger partial charge in [0.25, 0.3) is 0 Å². The van der Waals surface area contributed by atoms with Gasteiger partial charge in [0.2, 0.25) is 0 Å². The van der Waals surface area contributed by atoms with Crippen molar-refractivity contribution in [2.24, 2.45) is 0 Å². The molecule has 0 radical (unpaired) electrons. The van der Waals surface area contributed by atoms with Crippen molar-refractivity contribution in [3.63, 3.8) is 0 Å². The minimum absolute atomic E-state index is 0.170. The molecule has 0 aliphatic heterocycles. The van der Waals surface area contributed by atoms with Crippen LogP contribution in [-0.2, 0) is 0 Å². The van der Waals surface area contributed by atoms with E-state index in [9.17, 15) is 4.79 Å². The minimum Gasteiger partial charge on any atom is -0.497 e. The monoisotopic (exact) mass is 230 g/mol. The molecule has 0 saturated heterocycles. The Morgan fingerprint density at radius 3 is 2.47 bits per heavy atom. The van der Waals surface area contributed by atoms with Crippen LogP contribution in [0.15, 0.2) is 36.9 Å². The molecule has 86 valence electrons. The summed E-state index contributed by atoms with van der Waals surface area (Å²) in [6.45, 7) is 0. The normalized spacial score (nSPS) is 9.94. The Balaban J connectivity index is 2.54. The van der Waals surface area contributed by atoms with E-state index in [2.05, 4.69) is 9.97 Å². The Hall–Kier alpha value is -2.43. The van der Waals surface area contributed by atoms with Crippen LogP contribution in [-0.4, -0.2) is 28.2 Å². The van der Waals surface area contributed by atoms with Gasteiger partial charge in [-0.15, -0.1) is 0 Å². The highest BCUT2D eigenvalue weighted by atomic mass is 16.5. The van der Waals surface area contributed by atoms with Gasteiger partial charge >= 0.3 is 5.97 Å². The van der Waals surface area contributed by atoms with Crippen molar-refractivity contribution in [1.82, 2.24) is 9.97 Å². The predicted molar refractivity (Wildman–Crippen MR) is 61.0 cm³/mol. The van der Waals surface area contributed by atoms with Crippen molar-refractivity contribution in [2.45, 2.75) is 0 Å². The van der Waals surface area contributed by atoms with Gasteiger partial charge in [0.15, 0.2) is 0 Å². The smallest absolute Gasteiger partial charge is 0.335 e. The molecular weight excluding hydrogens is 220 g/mol. The number of hydrogen-bond acceptors (Lipinski definition) is 4. The summed E-state index contributed by atoms with van der Waals surface area (Å²) in [5.41, 5.74) is 1.62. The predicted octanol–water partition coefficient (Wildman–Crippen LogP) is 1.85. The number of carboxylic acid groups (broad SMARTS) is 1. The van der Waals surface area contributed by atoms with Crippen LogP contribution in [0.4, 0.5) is 0 Å². The first-order valence-corrected chi connectivity index (χ1v) is 4.88. The lowest BCUT2D eigenvalue weighted by molar-refractivity contribution is 0.0696. The molecule has 17 heavy (non-hydrogen) atoms. The number of aromatic nitrogens is 2. The van der Waals surface area contributed by atoms with E-state index in [1.165, 1.54) is 19.5 Å². The zero-order valence-electron chi connectivity index (χ0n) is 9.12. The zero-order chi connectivity index (χ0) is 12.3. The minimum atomic E-state index is -0.998. The van der Waals surface area contributed by atoms with Gasteiger partial charge in [-0.2, -0.15) is 0 Å². The van der Waals surface area contributed by atoms with E-state index in [1.807, 2.05) is 0 Å². The first-order chi connectivity index (χ1) is 8.20. The van der Waals surface area contributed by atoms with Crippen LogP contribution < -0.4 is 4.74 Å².